The van der Waals surface area contributed by atoms with Gasteiger partial charge in [0.05, 0.1) is 27.9 Å². The lowest BCUT2D eigenvalue weighted by molar-refractivity contribution is 1.11. The second kappa shape index (κ2) is 5.59. The van der Waals surface area contributed by atoms with E-state index in [1.165, 1.54) is 4.88 Å². The molecule has 0 saturated heterocycles. The lowest BCUT2D eigenvalue weighted by Crippen LogP contribution is -2.12. The number of aromatic nitrogens is 1. The van der Waals surface area contributed by atoms with Crippen LogP contribution in [0, 0.1) is 6.92 Å². The zero-order valence-electron chi connectivity index (χ0n) is 10.7. The van der Waals surface area contributed by atoms with E-state index < -0.39 is 0 Å². The van der Waals surface area contributed by atoms with Crippen molar-refractivity contribution in [2.75, 3.05) is 24.3 Å². The third-order valence-corrected chi connectivity index (χ3v) is 3.77. The van der Waals surface area contributed by atoms with Crippen molar-refractivity contribution in [3.8, 4) is 0 Å². The molecule has 1 heterocycles. The second-order valence-corrected chi connectivity index (χ2v) is 5.96. The highest BCUT2D eigenvalue weighted by Gasteiger charge is 2.09. The molecule has 0 amide bonds. The van der Waals surface area contributed by atoms with E-state index in [-0.39, 0.29) is 0 Å². The van der Waals surface area contributed by atoms with Crippen molar-refractivity contribution in [1.82, 2.24) is 4.98 Å². The molecular formula is C13H16ClN3S. The van der Waals surface area contributed by atoms with Crippen LogP contribution in [0.5, 0.6) is 0 Å². The van der Waals surface area contributed by atoms with E-state index in [0.29, 0.717) is 0 Å². The van der Waals surface area contributed by atoms with Gasteiger partial charge >= 0.3 is 0 Å². The quantitative estimate of drug-likeness (QED) is 0.924. The van der Waals surface area contributed by atoms with E-state index in [2.05, 4.69) is 10.3 Å². The Morgan fingerprint density at radius 1 is 1.39 bits per heavy atom. The van der Waals surface area contributed by atoms with Crippen LogP contribution >= 0.6 is 22.9 Å². The van der Waals surface area contributed by atoms with Gasteiger partial charge in [-0.05, 0) is 19.1 Å². The summed E-state index contributed by atoms with van der Waals surface area (Å²) in [5.74, 6) is 0. The minimum Gasteiger partial charge on any atom is -0.378 e. The molecule has 0 atom stereocenters. The number of nitrogens with one attached hydrogen (secondary N) is 1. The minimum atomic E-state index is 0.755. The number of nitrogens with zero attached hydrogens (tertiary/aromatic N) is 2. The molecule has 1 aromatic carbocycles. The standard InChI is InChI=1S/C13H16ClN3S/c1-9-15-7-10(18-9)8-16-12-6-4-5-11(14)13(12)17(2)3/h4-7,16H,8H2,1-3H3. The molecule has 2 rings (SSSR count). The first-order chi connectivity index (χ1) is 8.58. The van der Waals surface area contributed by atoms with Gasteiger partial charge in [-0.3, -0.25) is 0 Å². The zero-order chi connectivity index (χ0) is 13.1. The average molecular weight is 282 g/mol. The number of aryl methyl sites for hydroxylation is 1. The second-order valence-electron chi connectivity index (χ2n) is 4.23. The fourth-order valence-corrected chi connectivity index (χ4v) is 2.86. The number of benzene rings is 1. The van der Waals surface area contributed by atoms with Crippen molar-refractivity contribution < 1.29 is 0 Å². The molecule has 2 aromatic rings. The number of hydrogen-bond donors (Lipinski definition) is 1. The average Bonchev–Trinajstić information content (AvgIpc) is 2.72. The van der Waals surface area contributed by atoms with Gasteiger partial charge in [0.15, 0.2) is 0 Å². The largest absolute Gasteiger partial charge is 0.378 e. The van der Waals surface area contributed by atoms with Crippen molar-refractivity contribution in [2.24, 2.45) is 0 Å². The Labute approximate surface area is 116 Å². The number of hydrogen-bond acceptors (Lipinski definition) is 4. The van der Waals surface area contributed by atoms with Crippen LogP contribution in [0.15, 0.2) is 24.4 Å². The lowest BCUT2D eigenvalue weighted by Gasteiger charge is -2.19. The smallest absolute Gasteiger partial charge is 0.0897 e. The van der Waals surface area contributed by atoms with Crippen molar-refractivity contribution in [1.29, 1.82) is 0 Å². The van der Waals surface area contributed by atoms with Crippen LogP contribution < -0.4 is 10.2 Å². The minimum absolute atomic E-state index is 0.755. The summed E-state index contributed by atoms with van der Waals surface area (Å²) in [5.41, 5.74) is 2.05. The van der Waals surface area contributed by atoms with Crippen molar-refractivity contribution in [3.63, 3.8) is 0 Å². The Bertz CT molecular complexity index is 537. The number of anilines is 2. The lowest BCUT2D eigenvalue weighted by atomic mass is 10.2. The van der Waals surface area contributed by atoms with Gasteiger partial charge in [-0.2, -0.15) is 0 Å². The molecule has 1 aromatic heterocycles. The van der Waals surface area contributed by atoms with E-state index in [9.17, 15) is 0 Å². The van der Waals surface area contributed by atoms with Gasteiger partial charge in [0.2, 0.25) is 0 Å². The molecule has 0 bridgehead atoms. The molecule has 18 heavy (non-hydrogen) atoms. The van der Waals surface area contributed by atoms with Crippen molar-refractivity contribution in [2.45, 2.75) is 13.5 Å². The first kappa shape index (κ1) is 13.2. The Hall–Kier alpha value is -1.26. The third kappa shape index (κ3) is 2.94. The van der Waals surface area contributed by atoms with Crippen LogP contribution in [-0.2, 0) is 6.54 Å². The fourth-order valence-electron chi connectivity index (χ4n) is 1.78. The molecule has 0 aliphatic rings. The Kier molecular flexibility index (Phi) is 4.09. The summed E-state index contributed by atoms with van der Waals surface area (Å²) in [7, 11) is 3.98. The van der Waals surface area contributed by atoms with Crippen molar-refractivity contribution in [3.05, 3.63) is 39.3 Å². The highest BCUT2D eigenvalue weighted by atomic mass is 35.5. The van der Waals surface area contributed by atoms with Gasteiger partial charge in [-0.15, -0.1) is 11.3 Å². The van der Waals surface area contributed by atoms with Crippen LogP contribution in [0.2, 0.25) is 5.02 Å². The molecule has 0 fully saturated rings. The maximum atomic E-state index is 6.22. The number of thiazole rings is 1. The van der Waals surface area contributed by atoms with Crippen LogP contribution in [-0.4, -0.2) is 19.1 Å². The normalized spacial score (nSPS) is 10.4. The molecule has 0 aliphatic carbocycles. The SMILES string of the molecule is Cc1ncc(CNc2cccc(Cl)c2N(C)C)s1. The predicted octanol–water partition coefficient (Wildman–Crippen LogP) is 3.78. The maximum Gasteiger partial charge on any atom is 0.0897 e. The van der Waals surface area contributed by atoms with E-state index >= 15 is 0 Å². The van der Waals surface area contributed by atoms with Gasteiger partial charge < -0.3 is 10.2 Å². The van der Waals surface area contributed by atoms with Gasteiger partial charge in [0, 0.05) is 25.2 Å². The van der Waals surface area contributed by atoms with Crippen LogP contribution in [0.1, 0.15) is 9.88 Å². The number of halogens is 1. The predicted molar refractivity (Wildman–Crippen MR) is 80.0 cm³/mol. The van der Waals surface area contributed by atoms with E-state index in [0.717, 1.165) is 27.9 Å². The van der Waals surface area contributed by atoms with E-state index in [1.54, 1.807) is 11.3 Å². The first-order valence-corrected chi connectivity index (χ1v) is 6.88. The van der Waals surface area contributed by atoms with Crippen LogP contribution in [0.4, 0.5) is 11.4 Å². The highest BCUT2D eigenvalue weighted by molar-refractivity contribution is 7.11. The molecule has 0 unspecified atom stereocenters. The molecule has 3 nitrogen and oxygen atoms in total. The summed E-state index contributed by atoms with van der Waals surface area (Å²) < 4.78 is 0. The third-order valence-electron chi connectivity index (χ3n) is 2.56. The molecule has 1 N–H and O–H groups in total. The van der Waals surface area contributed by atoms with Crippen molar-refractivity contribution >= 4 is 34.3 Å². The molecule has 0 spiro atoms. The zero-order valence-corrected chi connectivity index (χ0v) is 12.3. The summed E-state index contributed by atoms with van der Waals surface area (Å²) in [6, 6.07) is 5.89. The Morgan fingerprint density at radius 3 is 2.78 bits per heavy atom. The van der Waals surface area contributed by atoms with E-state index in [1.807, 2.05) is 50.3 Å². The van der Waals surface area contributed by atoms with Crippen LogP contribution in [0.25, 0.3) is 0 Å². The summed E-state index contributed by atoms with van der Waals surface area (Å²) in [6.07, 6.45) is 1.91. The first-order valence-electron chi connectivity index (χ1n) is 5.69. The highest BCUT2D eigenvalue weighted by Crippen LogP contribution is 2.32. The number of rotatable bonds is 4. The Balaban J connectivity index is 2.16. The monoisotopic (exact) mass is 281 g/mol. The van der Waals surface area contributed by atoms with Gasteiger partial charge in [-0.1, -0.05) is 17.7 Å². The fraction of sp³-hybridized carbons (Fsp3) is 0.308. The molecule has 0 radical (unpaired) electrons. The van der Waals surface area contributed by atoms with Gasteiger partial charge in [0.1, 0.15) is 0 Å². The Morgan fingerprint density at radius 2 is 2.17 bits per heavy atom. The molecule has 0 saturated carbocycles. The molecule has 0 aliphatic heterocycles. The van der Waals surface area contributed by atoms with Crippen LogP contribution in [0.3, 0.4) is 0 Å². The maximum absolute atomic E-state index is 6.22. The summed E-state index contributed by atoms with van der Waals surface area (Å²) in [6.45, 7) is 2.78. The summed E-state index contributed by atoms with van der Waals surface area (Å²) >= 11 is 7.92. The topological polar surface area (TPSA) is 28.2 Å². The molecule has 5 heteroatoms. The van der Waals surface area contributed by atoms with E-state index in [4.69, 9.17) is 11.6 Å². The molecular weight excluding hydrogens is 266 g/mol. The van der Waals surface area contributed by atoms with Gasteiger partial charge in [0.25, 0.3) is 0 Å². The van der Waals surface area contributed by atoms with Gasteiger partial charge in [-0.25, -0.2) is 4.98 Å². The summed E-state index contributed by atoms with van der Waals surface area (Å²) in [4.78, 5) is 7.48. The molecule has 96 valence electrons. The summed E-state index contributed by atoms with van der Waals surface area (Å²) in [5, 5.41) is 5.25. The number of para-hydroxylation sites is 1.